The maximum Gasteiger partial charge on any atom is 0.123 e. The Balaban J connectivity index is 2.19. The van der Waals surface area contributed by atoms with Crippen LogP contribution < -0.4 is 5.32 Å². The zero-order valence-corrected chi connectivity index (χ0v) is 12.7. The SMILES string of the molecule is CNC(c1ccn(Cc2cc(F)ccc2C)c1)C(C)C. The average molecular weight is 274 g/mol. The summed E-state index contributed by atoms with van der Waals surface area (Å²) in [5.74, 6) is 0.361. The molecule has 1 unspecified atom stereocenters. The molecule has 0 aliphatic rings. The molecule has 2 nitrogen and oxygen atoms in total. The van der Waals surface area contributed by atoms with Crippen LogP contribution in [-0.4, -0.2) is 11.6 Å². The summed E-state index contributed by atoms with van der Waals surface area (Å²) in [6.45, 7) is 7.13. The minimum absolute atomic E-state index is 0.173. The standard InChI is InChI=1S/C17H23FN2/c1-12(2)17(19-4)14-7-8-20(10-14)11-15-9-16(18)6-5-13(15)3/h5-10,12,17,19H,11H2,1-4H3. The second-order valence-electron chi connectivity index (χ2n) is 5.70. The molecule has 0 fully saturated rings. The zero-order valence-electron chi connectivity index (χ0n) is 12.7. The van der Waals surface area contributed by atoms with E-state index in [0.717, 1.165) is 11.1 Å². The molecule has 0 aliphatic carbocycles. The highest BCUT2D eigenvalue weighted by atomic mass is 19.1. The van der Waals surface area contributed by atoms with Gasteiger partial charge in [-0.1, -0.05) is 19.9 Å². The molecule has 0 saturated heterocycles. The Morgan fingerprint density at radius 2 is 2.00 bits per heavy atom. The van der Waals surface area contributed by atoms with Crippen LogP contribution in [0.25, 0.3) is 0 Å². The lowest BCUT2D eigenvalue weighted by Crippen LogP contribution is -2.21. The maximum atomic E-state index is 13.3. The van der Waals surface area contributed by atoms with Crippen LogP contribution in [-0.2, 0) is 6.54 Å². The van der Waals surface area contributed by atoms with Crippen LogP contribution >= 0.6 is 0 Å². The molecule has 1 aromatic heterocycles. The molecule has 0 spiro atoms. The predicted molar refractivity (Wildman–Crippen MR) is 81.3 cm³/mol. The molecule has 0 bridgehead atoms. The van der Waals surface area contributed by atoms with Gasteiger partial charge in [-0.15, -0.1) is 0 Å². The van der Waals surface area contributed by atoms with Gasteiger partial charge < -0.3 is 9.88 Å². The molecule has 1 aromatic carbocycles. The quantitative estimate of drug-likeness (QED) is 0.875. The molecule has 0 amide bonds. The number of rotatable bonds is 5. The molecule has 0 radical (unpaired) electrons. The van der Waals surface area contributed by atoms with Crippen LogP contribution in [0.4, 0.5) is 4.39 Å². The molecule has 0 aliphatic heterocycles. The predicted octanol–water partition coefficient (Wildman–Crippen LogP) is 3.90. The molecule has 2 rings (SSSR count). The number of benzene rings is 1. The topological polar surface area (TPSA) is 17.0 Å². The highest BCUT2D eigenvalue weighted by Crippen LogP contribution is 2.22. The third-order valence-electron chi connectivity index (χ3n) is 3.77. The highest BCUT2D eigenvalue weighted by Gasteiger charge is 2.14. The first kappa shape index (κ1) is 14.8. The average Bonchev–Trinajstić information content (AvgIpc) is 2.82. The first-order valence-electron chi connectivity index (χ1n) is 7.09. The molecular formula is C17H23FN2. The van der Waals surface area contributed by atoms with Crippen LogP contribution in [0.1, 0.15) is 36.6 Å². The smallest absolute Gasteiger partial charge is 0.123 e. The van der Waals surface area contributed by atoms with Crippen molar-refractivity contribution in [2.45, 2.75) is 33.4 Å². The fourth-order valence-corrected chi connectivity index (χ4v) is 2.63. The fourth-order valence-electron chi connectivity index (χ4n) is 2.63. The summed E-state index contributed by atoms with van der Waals surface area (Å²) in [5, 5.41) is 3.34. The Bertz CT molecular complexity index is 572. The van der Waals surface area contributed by atoms with E-state index in [1.807, 2.05) is 20.0 Å². The maximum absolute atomic E-state index is 13.3. The lowest BCUT2D eigenvalue weighted by molar-refractivity contribution is 0.442. The Morgan fingerprint density at radius 1 is 1.25 bits per heavy atom. The van der Waals surface area contributed by atoms with E-state index in [2.05, 4.69) is 42.2 Å². The van der Waals surface area contributed by atoms with Crippen molar-refractivity contribution in [3.05, 3.63) is 59.2 Å². The van der Waals surface area contributed by atoms with Crippen molar-refractivity contribution in [3.8, 4) is 0 Å². The summed E-state index contributed by atoms with van der Waals surface area (Å²) in [4.78, 5) is 0. The van der Waals surface area contributed by atoms with Gasteiger partial charge in [0.25, 0.3) is 0 Å². The number of nitrogens with zero attached hydrogens (tertiary/aromatic N) is 1. The first-order chi connectivity index (χ1) is 9.51. The third-order valence-corrected chi connectivity index (χ3v) is 3.77. The summed E-state index contributed by atoms with van der Waals surface area (Å²) in [5.41, 5.74) is 3.42. The number of hydrogen-bond acceptors (Lipinski definition) is 1. The Labute approximate surface area is 120 Å². The van der Waals surface area contributed by atoms with Gasteiger partial charge in [-0.25, -0.2) is 4.39 Å². The second-order valence-corrected chi connectivity index (χ2v) is 5.70. The van der Waals surface area contributed by atoms with Crippen LogP contribution in [0.5, 0.6) is 0 Å². The van der Waals surface area contributed by atoms with E-state index in [1.165, 1.54) is 11.6 Å². The van der Waals surface area contributed by atoms with Gasteiger partial charge in [0.2, 0.25) is 0 Å². The summed E-state index contributed by atoms with van der Waals surface area (Å²) in [6.07, 6.45) is 4.21. The Morgan fingerprint density at radius 3 is 2.65 bits per heavy atom. The van der Waals surface area contributed by atoms with E-state index in [1.54, 1.807) is 6.07 Å². The lowest BCUT2D eigenvalue weighted by Gasteiger charge is -2.18. The largest absolute Gasteiger partial charge is 0.350 e. The van der Waals surface area contributed by atoms with E-state index >= 15 is 0 Å². The minimum atomic E-state index is -0.173. The van der Waals surface area contributed by atoms with Gasteiger partial charge >= 0.3 is 0 Å². The third kappa shape index (κ3) is 3.28. The van der Waals surface area contributed by atoms with Crippen molar-refractivity contribution < 1.29 is 4.39 Å². The molecule has 2 aromatic rings. The number of aromatic nitrogens is 1. The molecule has 108 valence electrons. The summed E-state index contributed by atoms with van der Waals surface area (Å²) >= 11 is 0. The van der Waals surface area contributed by atoms with Crippen LogP contribution in [0.3, 0.4) is 0 Å². The number of halogens is 1. The van der Waals surface area contributed by atoms with Gasteiger partial charge in [-0.05, 0) is 54.8 Å². The van der Waals surface area contributed by atoms with Crippen molar-refractivity contribution in [3.63, 3.8) is 0 Å². The van der Waals surface area contributed by atoms with Gasteiger partial charge in [-0.3, -0.25) is 0 Å². The lowest BCUT2D eigenvalue weighted by atomic mass is 9.99. The van der Waals surface area contributed by atoms with E-state index in [9.17, 15) is 4.39 Å². The van der Waals surface area contributed by atoms with Gasteiger partial charge in [-0.2, -0.15) is 0 Å². The summed E-state index contributed by atoms with van der Waals surface area (Å²) < 4.78 is 15.4. The normalized spacial score (nSPS) is 12.9. The van der Waals surface area contributed by atoms with Crippen molar-refractivity contribution in [1.29, 1.82) is 0 Å². The molecule has 20 heavy (non-hydrogen) atoms. The van der Waals surface area contributed by atoms with Gasteiger partial charge in [0, 0.05) is 25.0 Å². The summed E-state index contributed by atoms with van der Waals surface area (Å²) in [7, 11) is 1.98. The molecule has 1 N–H and O–H groups in total. The fraction of sp³-hybridized carbons (Fsp3) is 0.412. The minimum Gasteiger partial charge on any atom is -0.350 e. The molecule has 1 atom stereocenters. The van der Waals surface area contributed by atoms with Crippen LogP contribution in [0, 0.1) is 18.7 Å². The van der Waals surface area contributed by atoms with Crippen molar-refractivity contribution in [2.75, 3.05) is 7.05 Å². The van der Waals surface area contributed by atoms with Crippen molar-refractivity contribution >= 4 is 0 Å². The second kappa shape index (κ2) is 6.23. The van der Waals surface area contributed by atoms with Crippen molar-refractivity contribution in [1.82, 2.24) is 9.88 Å². The highest BCUT2D eigenvalue weighted by molar-refractivity contribution is 5.27. The Hall–Kier alpha value is -1.61. The first-order valence-corrected chi connectivity index (χ1v) is 7.09. The van der Waals surface area contributed by atoms with Gasteiger partial charge in [0.15, 0.2) is 0 Å². The van der Waals surface area contributed by atoms with Crippen LogP contribution in [0.15, 0.2) is 36.7 Å². The van der Waals surface area contributed by atoms with E-state index in [4.69, 9.17) is 0 Å². The summed E-state index contributed by atoms with van der Waals surface area (Å²) in [6, 6.07) is 7.45. The van der Waals surface area contributed by atoms with E-state index in [-0.39, 0.29) is 5.82 Å². The number of hydrogen-bond donors (Lipinski definition) is 1. The van der Waals surface area contributed by atoms with Gasteiger partial charge in [0.1, 0.15) is 5.82 Å². The number of aryl methyl sites for hydroxylation is 1. The van der Waals surface area contributed by atoms with Gasteiger partial charge in [0.05, 0.1) is 0 Å². The Kier molecular flexibility index (Phi) is 4.61. The zero-order chi connectivity index (χ0) is 14.7. The molecule has 1 heterocycles. The monoisotopic (exact) mass is 274 g/mol. The van der Waals surface area contributed by atoms with Crippen LogP contribution in [0.2, 0.25) is 0 Å². The van der Waals surface area contributed by atoms with E-state index < -0.39 is 0 Å². The number of nitrogens with one attached hydrogen (secondary N) is 1. The molecular weight excluding hydrogens is 251 g/mol. The molecule has 3 heteroatoms. The van der Waals surface area contributed by atoms with Crippen molar-refractivity contribution in [2.24, 2.45) is 5.92 Å². The molecule has 0 saturated carbocycles. The van der Waals surface area contributed by atoms with E-state index in [0.29, 0.717) is 18.5 Å².